The lowest BCUT2D eigenvalue weighted by Gasteiger charge is -2.15. The first-order chi connectivity index (χ1) is 15.4. The molecule has 0 spiro atoms. The third-order valence-corrected chi connectivity index (χ3v) is 4.42. The highest BCUT2D eigenvalue weighted by Crippen LogP contribution is 2.20. The molecule has 0 aromatic heterocycles. The van der Waals surface area contributed by atoms with Gasteiger partial charge in [0, 0.05) is 25.2 Å². The minimum Gasteiger partial charge on any atom is -0.497 e. The number of guanidine groups is 1. The highest BCUT2D eigenvalue weighted by Gasteiger charge is 2.10. The van der Waals surface area contributed by atoms with Gasteiger partial charge in [0.05, 0.1) is 25.9 Å². The molecule has 1 atom stereocenters. The second kappa shape index (κ2) is 15.3. The standard InChI is InChI=1S/C24H34N4O4.HI/c1-5-25-24(27-13-12-26-23(30)19-9-7-10-20(15-19)31-4)28-16-22(29)18-8-6-11-21(14-18)32-17(2)3;/h6-11,14-15,17,22,29H,5,12-13,16H2,1-4H3,(H,26,30)(H2,25,27,28);1H. The van der Waals surface area contributed by atoms with Crippen LogP contribution in [0.1, 0.15) is 42.8 Å². The van der Waals surface area contributed by atoms with E-state index in [1.807, 2.05) is 45.0 Å². The summed E-state index contributed by atoms with van der Waals surface area (Å²) in [5.74, 6) is 1.75. The Kier molecular flexibility index (Phi) is 13.2. The Morgan fingerprint density at radius 3 is 2.42 bits per heavy atom. The van der Waals surface area contributed by atoms with Gasteiger partial charge < -0.3 is 30.5 Å². The van der Waals surface area contributed by atoms with Crippen LogP contribution in [0.2, 0.25) is 0 Å². The highest BCUT2D eigenvalue weighted by atomic mass is 127. The predicted molar refractivity (Wildman–Crippen MR) is 142 cm³/mol. The van der Waals surface area contributed by atoms with Gasteiger partial charge in [-0.15, -0.1) is 24.0 Å². The molecule has 182 valence electrons. The molecule has 0 heterocycles. The fourth-order valence-electron chi connectivity index (χ4n) is 2.92. The van der Waals surface area contributed by atoms with Gasteiger partial charge in [0.15, 0.2) is 5.96 Å². The minimum atomic E-state index is -0.756. The first-order valence-electron chi connectivity index (χ1n) is 10.8. The molecule has 33 heavy (non-hydrogen) atoms. The van der Waals surface area contributed by atoms with Crippen LogP contribution in [0.15, 0.2) is 53.5 Å². The number of aliphatic hydroxyl groups excluding tert-OH is 1. The number of nitrogens with zero attached hydrogens (tertiary/aromatic N) is 1. The fraction of sp³-hybridized carbons (Fsp3) is 0.417. The number of methoxy groups -OCH3 is 1. The summed E-state index contributed by atoms with van der Waals surface area (Å²) in [7, 11) is 1.57. The SMILES string of the molecule is CCNC(=NCC(O)c1cccc(OC(C)C)c1)NCCNC(=O)c1cccc(OC)c1.I. The average molecular weight is 570 g/mol. The summed E-state index contributed by atoms with van der Waals surface area (Å²) >= 11 is 0. The smallest absolute Gasteiger partial charge is 0.251 e. The van der Waals surface area contributed by atoms with E-state index in [0.717, 1.165) is 11.3 Å². The van der Waals surface area contributed by atoms with Gasteiger partial charge in [-0.25, -0.2) is 0 Å². The largest absolute Gasteiger partial charge is 0.497 e. The lowest BCUT2D eigenvalue weighted by molar-refractivity contribution is 0.0954. The summed E-state index contributed by atoms with van der Waals surface area (Å²) in [5, 5.41) is 19.7. The number of nitrogens with one attached hydrogen (secondary N) is 3. The highest BCUT2D eigenvalue weighted by molar-refractivity contribution is 14.0. The topological polar surface area (TPSA) is 104 Å². The number of halogens is 1. The Balaban J connectivity index is 0.00000544. The number of carbonyl (C=O) groups excluding carboxylic acids is 1. The van der Waals surface area contributed by atoms with Crippen LogP contribution in [0.5, 0.6) is 11.5 Å². The zero-order valence-corrected chi connectivity index (χ0v) is 22.0. The summed E-state index contributed by atoms with van der Waals surface area (Å²) in [6.45, 7) is 7.64. The number of aliphatic imine (C=N–C) groups is 1. The molecule has 0 saturated carbocycles. The summed E-state index contributed by atoms with van der Waals surface area (Å²) in [4.78, 5) is 16.7. The first kappa shape index (κ1) is 28.5. The first-order valence-corrected chi connectivity index (χ1v) is 10.8. The number of rotatable bonds is 11. The third-order valence-electron chi connectivity index (χ3n) is 4.42. The summed E-state index contributed by atoms with van der Waals surface area (Å²) in [6.07, 6.45) is -0.691. The van der Waals surface area contributed by atoms with Gasteiger partial charge in [0.25, 0.3) is 5.91 Å². The van der Waals surface area contributed by atoms with Crippen LogP contribution in [-0.4, -0.2) is 56.4 Å². The van der Waals surface area contributed by atoms with Crippen molar-refractivity contribution in [2.45, 2.75) is 33.0 Å². The summed E-state index contributed by atoms with van der Waals surface area (Å²) in [5.41, 5.74) is 1.28. The van der Waals surface area contributed by atoms with Gasteiger partial charge in [-0.3, -0.25) is 9.79 Å². The number of amides is 1. The Morgan fingerprint density at radius 2 is 1.73 bits per heavy atom. The van der Waals surface area contributed by atoms with E-state index in [1.165, 1.54) is 0 Å². The van der Waals surface area contributed by atoms with Crippen molar-refractivity contribution in [1.29, 1.82) is 0 Å². The maximum Gasteiger partial charge on any atom is 0.251 e. The van der Waals surface area contributed by atoms with Crippen LogP contribution >= 0.6 is 24.0 Å². The molecular weight excluding hydrogens is 535 g/mol. The number of hydrogen-bond donors (Lipinski definition) is 4. The molecule has 2 rings (SSSR count). The van der Waals surface area contributed by atoms with Crippen molar-refractivity contribution in [2.24, 2.45) is 4.99 Å². The van der Waals surface area contributed by atoms with E-state index >= 15 is 0 Å². The van der Waals surface area contributed by atoms with Crippen LogP contribution in [0.4, 0.5) is 0 Å². The number of benzene rings is 2. The monoisotopic (exact) mass is 570 g/mol. The maximum absolute atomic E-state index is 12.3. The van der Waals surface area contributed by atoms with Crippen molar-refractivity contribution >= 4 is 35.8 Å². The van der Waals surface area contributed by atoms with Crippen molar-refractivity contribution in [1.82, 2.24) is 16.0 Å². The van der Waals surface area contributed by atoms with E-state index in [0.29, 0.717) is 36.9 Å². The molecule has 0 bridgehead atoms. The molecule has 2 aromatic rings. The molecule has 1 unspecified atom stereocenters. The molecule has 1 amide bonds. The summed E-state index contributed by atoms with van der Waals surface area (Å²) < 4.78 is 10.8. The van der Waals surface area contributed by atoms with E-state index in [-0.39, 0.29) is 42.5 Å². The van der Waals surface area contributed by atoms with Gasteiger partial charge in [-0.05, 0) is 56.7 Å². The zero-order chi connectivity index (χ0) is 23.3. The fourth-order valence-corrected chi connectivity index (χ4v) is 2.92. The Hall–Kier alpha value is -2.53. The van der Waals surface area contributed by atoms with Crippen LogP contribution in [0, 0.1) is 0 Å². The van der Waals surface area contributed by atoms with Gasteiger partial charge in [0.1, 0.15) is 11.5 Å². The normalized spacial score (nSPS) is 11.9. The van der Waals surface area contributed by atoms with Crippen LogP contribution in [0.3, 0.4) is 0 Å². The molecule has 0 fully saturated rings. The van der Waals surface area contributed by atoms with Gasteiger partial charge in [0.2, 0.25) is 0 Å². The second-order valence-corrected chi connectivity index (χ2v) is 7.39. The molecular formula is C24H35IN4O4. The molecule has 0 saturated heterocycles. The van der Waals surface area contributed by atoms with E-state index in [9.17, 15) is 9.90 Å². The van der Waals surface area contributed by atoms with E-state index < -0.39 is 6.10 Å². The molecule has 0 aliphatic heterocycles. The Bertz CT molecular complexity index is 892. The molecule has 4 N–H and O–H groups in total. The zero-order valence-electron chi connectivity index (χ0n) is 19.6. The summed E-state index contributed by atoms with van der Waals surface area (Å²) in [6, 6.07) is 14.4. The molecule has 0 aliphatic carbocycles. The van der Waals surface area contributed by atoms with Crippen LogP contribution < -0.4 is 25.4 Å². The molecule has 0 aliphatic rings. The predicted octanol–water partition coefficient (Wildman–Crippen LogP) is 3.12. The molecule has 9 heteroatoms. The maximum atomic E-state index is 12.3. The number of carbonyl (C=O) groups is 1. The van der Waals surface area contributed by atoms with Crippen molar-refractivity contribution < 1.29 is 19.4 Å². The average Bonchev–Trinajstić information content (AvgIpc) is 2.79. The number of hydrogen-bond acceptors (Lipinski definition) is 5. The number of aliphatic hydroxyl groups is 1. The van der Waals surface area contributed by atoms with E-state index in [4.69, 9.17) is 9.47 Å². The number of ether oxygens (including phenoxy) is 2. The third kappa shape index (κ3) is 10.3. The van der Waals surface area contributed by atoms with Crippen molar-refractivity contribution in [3.63, 3.8) is 0 Å². The van der Waals surface area contributed by atoms with Gasteiger partial charge in [-0.2, -0.15) is 0 Å². The lowest BCUT2D eigenvalue weighted by atomic mass is 10.1. The lowest BCUT2D eigenvalue weighted by Crippen LogP contribution is -2.41. The Morgan fingerprint density at radius 1 is 1.03 bits per heavy atom. The van der Waals surface area contributed by atoms with Crippen LogP contribution in [-0.2, 0) is 0 Å². The molecule has 2 aromatic carbocycles. The van der Waals surface area contributed by atoms with Crippen molar-refractivity contribution in [2.75, 3.05) is 33.3 Å². The van der Waals surface area contributed by atoms with Crippen molar-refractivity contribution in [3.8, 4) is 11.5 Å². The van der Waals surface area contributed by atoms with E-state index in [2.05, 4.69) is 20.9 Å². The van der Waals surface area contributed by atoms with E-state index in [1.54, 1.807) is 31.4 Å². The second-order valence-electron chi connectivity index (χ2n) is 7.39. The molecule has 0 radical (unpaired) electrons. The van der Waals surface area contributed by atoms with Crippen LogP contribution in [0.25, 0.3) is 0 Å². The Labute approximate surface area is 213 Å². The minimum absolute atomic E-state index is 0. The molecule has 8 nitrogen and oxygen atoms in total. The quantitative estimate of drug-likeness (QED) is 0.143. The van der Waals surface area contributed by atoms with Gasteiger partial charge >= 0.3 is 0 Å². The van der Waals surface area contributed by atoms with Crippen molar-refractivity contribution in [3.05, 3.63) is 59.7 Å². The van der Waals surface area contributed by atoms with Gasteiger partial charge in [-0.1, -0.05) is 18.2 Å².